The van der Waals surface area contributed by atoms with E-state index < -0.39 is 46.3 Å². The lowest BCUT2D eigenvalue weighted by Gasteiger charge is -2.29. The minimum atomic E-state index is -3.28. The summed E-state index contributed by atoms with van der Waals surface area (Å²) >= 11 is 0. The SMILES string of the molecule is NC(CCC(=O)O)C(=O)N(CC(=O)O)C1CCS(=O)(=O)C1. The van der Waals surface area contributed by atoms with Gasteiger partial charge in [-0.3, -0.25) is 14.4 Å². The predicted molar refractivity (Wildman–Crippen MR) is 71.3 cm³/mol. The zero-order valence-corrected chi connectivity index (χ0v) is 12.1. The van der Waals surface area contributed by atoms with Gasteiger partial charge < -0.3 is 20.8 Å². The van der Waals surface area contributed by atoms with E-state index in [4.69, 9.17) is 15.9 Å². The molecule has 0 radical (unpaired) electrons. The van der Waals surface area contributed by atoms with Crippen LogP contribution in [0.2, 0.25) is 0 Å². The summed E-state index contributed by atoms with van der Waals surface area (Å²) in [5, 5.41) is 17.4. The average Bonchev–Trinajstić information content (AvgIpc) is 2.72. The molecule has 0 aromatic rings. The van der Waals surface area contributed by atoms with Crippen LogP contribution in [0.1, 0.15) is 19.3 Å². The van der Waals surface area contributed by atoms with Gasteiger partial charge in [0.15, 0.2) is 9.84 Å². The van der Waals surface area contributed by atoms with Crippen LogP contribution in [-0.2, 0) is 24.2 Å². The largest absolute Gasteiger partial charge is 0.481 e. The molecule has 10 heteroatoms. The van der Waals surface area contributed by atoms with Crippen molar-refractivity contribution in [2.45, 2.75) is 31.3 Å². The first kappa shape index (κ1) is 17.4. The fourth-order valence-electron chi connectivity index (χ4n) is 2.17. The van der Waals surface area contributed by atoms with E-state index in [9.17, 15) is 22.8 Å². The lowest BCUT2D eigenvalue weighted by Crippen LogP contribution is -2.51. The van der Waals surface area contributed by atoms with Gasteiger partial charge in [0.05, 0.1) is 17.5 Å². The second kappa shape index (κ2) is 6.85. The molecule has 0 aromatic heterocycles. The zero-order valence-electron chi connectivity index (χ0n) is 11.3. The number of carbonyl (C=O) groups is 3. The van der Waals surface area contributed by atoms with Gasteiger partial charge in [0.1, 0.15) is 6.54 Å². The van der Waals surface area contributed by atoms with Gasteiger partial charge in [-0.2, -0.15) is 0 Å². The molecule has 0 bridgehead atoms. The summed E-state index contributed by atoms with van der Waals surface area (Å²) in [5.74, 6) is -3.53. The van der Waals surface area contributed by atoms with Gasteiger partial charge >= 0.3 is 11.9 Å². The molecule has 9 nitrogen and oxygen atoms in total. The van der Waals surface area contributed by atoms with Crippen molar-refractivity contribution >= 4 is 27.7 Å². The Kier molecular flexibility index (Phi) is 5.67. The Hall–Kier alpha value is -1.68. The number of rotatable bonds is 7. The second-order valence-electron chi connectivity index (χ2n) is 4.96. The maximum absolute atomic E-state index is 12.1. The monoisotopic (exact) mass is 322 g/mol. The molecule has 1 amide bonds. The number of carboxylic acid groups (broad SMARTS) is 2. The van der Waals surface area contributed by atoms with Crippen LogP contribution in [0.15, 0.2) is 0 Å². The van der Waals surface area contributed by atoms with Gasteiger partial charge in [0.25, 0.3) is 0 Å². The third kappa shape index (κ3) is 5.31. The van der Waals surface area contributed by atoms with E-state index in [1.807, 2.05) is 0 Å². The number of hydrogen-bond donors (Lipinski definition) is 3. The van der Waals surface area contributed by atoms with E-state index in [2.05, 4.69) is 0 Å². The molecule has 2 unspecified atom stereocenters. The van der Waals surface area contributed by atoms with Gasteiger partial charge in [0, 0.05) is 12.5 Å². The Balaban J connectivity index is 2.79. The van der Waals surface area contributed by atoms with E-state index in [1.165, 1.54) is 0 Å². The Labute approximate surface area is 121 Å². The smallest absolute Gasteiger partial charge is 0.323 e. The molecular weight excluding hydrogens is 304 g/mol. The van der Waals surface area contributed by atoms with Gasteiger partial charge in [-0.15, -0.1) is 0 Å². The van der Waals surface area contributed by atoms with Gasteiger partial charge in [-0.05, 0) is 12.8 Å². The Morgan fingerprint density at radius 2 is 1.86 bits per heavy atom. The van der Waals surface area contributed by atoms with Crippen molar-refractivity contribution in [2.24, 2.45) is 5.73 Å². The molecule has 1 fully saturated rings. The summed E-state index contributed by atoms with van der Waals surface area (Å²) in [6, 6.07) is -1.89. The van der Waals surface area contributed by atoms with Crippen molar-refractivity contribution in [3.63, 3.8) is 0 Å². The standard InChI is InChI=1S/C11H18N2O7S/c12-8(1-2-9(14)15)11(18)13(5-10(16)17)7-3-4-21(19,20)6-7/h7-8H,1-6,12H2,(H,14,15)(H,16,17). The van der Waals surface area contributed by atoms with Crippen LogP contribution in [0.3, 0.4) is 0 Å². The van der Waals surface area contributed by atoms with Crippen molar-refractivity contribution in [1.82, 2.24) is 4.90 Å². The minimum Gasteiger partial charge on any atom is -0.481 e. The van der Waals surface area contributed by atoms with Crippen LogP contribution >= 0.6 is 0 Å². The third-order valence-corrected chi connectivity index (χ3v) is 4.97. The molecule has 1 saturated heterocycles. The molecule has 2 atom stereocenters. The molecule has 4 N–H and O–H groups in total. The second-order valence-corrected chi connectivity index (χ2v) is 7.18. The van der Waals surface area contributed by atoms with Crippen molar-refractivity contribution in [3.8, 4) is 0 Å². The van der Waals surface area contributed by atoms with Gasteiger partial charge in [0.2, 0.25) is 5.91 Å². The normalized spacial score (nSPS) is 21.7. The number of nitrogens with two attached hydrogens (primary N) is 1. The number of carbonyl (C=O) groups excluding carboxylic acids is 1. The number of nitrogens with zero attached hydrogens (tertiary/aromatic N) is 1. The maximum Gasteiger partial charge on any atom is 0.323 e. The molecular formula is C11H18N2O7S. The fourth-order valence-corrected chi connectivity index (χ4v) is 3.90. The van der Waals surface area contributed by atoms with Crippen molar-refractivity contribution in [1.29, 1.82) is 0 Å². The molecule has 120 valence electrons. The quantitative estimate of drug-likeness (QED) is 0.500. The molecule has 0 aliphatic carbocycles. The third-order valence-electron chi connectivity index (χ3n) is 3.22. The highest BCUT2D eigenvalue weighted by molar-refractivity contribution is 7.91. The number of amides is 1. The van der Waals surface area contributed by atoms with Crippen LogP contribution in [-0.4, -0.2) is 71.5 Å². The summed E-state index contributed by atoms with van der Waals surface area (Å²) < 4.78 is 22.9. The van der Waals surface area contributed by atoms with Crippen molar-refractivity contribution < 1.29 is 33.0 Å². The van der Waals surface area contributed by atoms with Gasteiger partial charge in [-0.25, -0.2) is 8.42 Å². The summed E-state index contributed by atoms with van der Waals surface area (Å²) in [5.41, 5.74) is 5.58. The van der Waals surface area contributed by atoms with Crippen LogP contribution in [0.4, 0.5) is 0 Å². The van der Waals surface area contributed by atoms with Crippen molar-refractivity contribution in [3.05, 3.63) is 0 Å². The van der Waals surface area contributed by atoms with Crippen LogP contribution in [0, 0.1) is 0 Å². The zero-order chi connectivity index (χ0) is 16.2. The first-order valence-electron chi connectivity index (χ1n) is 6.32. The summed E-state index contributed by atoms with van der Waals surface area (Å²) in [6.07, 6.45) is -0.298. The molecule has 1 rings (SSSR count). The fraction of sp³-hybridized carbons (Fsp3) is 0.727. The predicted octanol–water partition coefficient (Wildman–Crippen LogP) is -1.72. The first-order chi connectivity index (χ1) is 9.62. The van der Waals surface area contributed by atoms with Crippen molar-refractivity contribution in [2.75, 3.05) is 18.1 Å². The van der Waals surface area contributed by atoms with Gasteiger partial charge in [-0.1, -0.05) is 0 Å². The van der Waals surface area contributed by atoms with Crippen LogP contribution in [0.25, 0.3) is 0 Å². The molecule has 0 aromatic carbocycles. The Morgan fingerprint density at radius 1 is 1.24 bits per heavy atom. The topological polar surface area (TPSA) is 155 Å². The Bertz CT molecular complexity index is 531. The summed E-state index contributed by atoms with van der Waals surface area (Å²) in [4.78, 5) is 34.4. The molecule has 0 saturated carbocycles. The van der Waals surface area contributed by atoms with Crippen LogP contribution in [0.5, 0.6) is 0 Å². The summed E-state index contributed by atoms with van der Waals surface area (Å²) in [7, 11) is -3.28. The molecule has 1 aliphatic heterocycles. The number of carboxylic acids is 2. The summed E-state index contributed by atoms with van der Waals surface area (Å²) in [6.45, 7) is -0.653. The Morgan fingerprint density at radius 3 is 2.29 bits per heavy atom. The lowest BCUT2D eigenvalue weighted by molar-refractivity contribution is -0.147. The maximum atomic E-state index is 12.1. The lowest BCUT2D eigenvalue weighted by atomic mass is 10.1. The molecule has 1 aliphatic rings. The molecule has 21 heavy (non-hydrogen) atoms. The average molecular weight is 322 g/mol. The molecule has 0 spiro atoms. The van der Waals surface area contributed by atoms with E-state index in [0.717, 1.165) is 4.90 Å². The minimum absolute atomic E-state index is 0.106. The van der Waals surface area contributed by atoms with E-state index in [1.54, 1.807) is 0 Å². The van der Waals surface area contributed by atoms with E-state index in [-0.39, 0.29) is 30.8 Å². The van der Waals surface area contributed by atoms with E-state index in [0.29, 0.717) is 0 Å². The molecule has 1 heterocycles. The number of sulfone groups is 1. The highest BCUT2D eigenvalue weighted by atomic mass is 32.2. The number of aliphatic carboxylic acids is 2. The first-order valence-corrected chi connectivity index (χ1v) is 8.14. The van der Waals surface area contributed by atoms with E-state index >= 15 is 0 Å². The number of hydrogen-bond acceptors (Lipinski definition) is 6. The van der Waals surface area contributed by atoms with Crippen LogP contribution < -0.4 is 5.73 Å². The highest BCUT2D eigenvalue weighted by Gasteiger charge is 2.37. The highest BCUT2D eigenvalue weighted by Crippen LogP contribution is 2.19.